The van der Waals surface area contributed by atoms with Crippen LogP contribution in [0.15, 0.2) is 108 Å². The normalized spacial score (nSPS) is 11.4. The number of nitrogens with one attached hydrogen (secondary N) is 3. The van der Waals surface area contributed by atoms with E-state index >= 15 is 0 Å². The van der Waals surface area contributed by atoms with Crippen LogP contribution in [0.4, 0.5) is 28.4 Å². The maximum atomic E-state index is 13.2. The predicted octanol–water partition coefficient (Wildman–Crippen LogP) is -4.37. The van der Waals surface area contributed by atoms with Crippen LogP contribution >= 0.6 is 31.9 Å². The van der Waals surface area contributed by atoms with Crippen molar-refractivity contribution < 1.29 is 147 Å². The number of hydrogen-bond acceptors (Lipinski definition) is 15. The summed E-state index contributed by atoms with van der Waals surface area (Å²) in [5.41, 5.74) is -2.62. The number of benzene rings is 4. The number of hydrogen-bond donors (Lipinski definition) is 4. The number of amides is 3. The molecule has 0 aliphatic rings. The molecule has 0 radical (unpaired) electrons. The fourth-order valence-electron chi connectivity index (χ4n) is 4.28. The quantitative estimate of drug-likeness (QED) is 0.0479. The molecule has 55 heavy (non-hydrogen) atoms. The molecule has 0 aliphatic carbocycles. The van der Waals surface area contributed by atoms with E-state index in [1.807, 2.05) is 0 Å². The van der Waals surface area contributed by atoms with E-state index in [1.54, 1.807) is 0 Å². The van der Waals surface area contributed by atoms with Crippen molar-refractivity contribution in [3.8, 4) is 5.75 Å². The molecule has 4 rings (SSSR count). The van der Waals surface area contributed by atoms with Crippen molar-refractivity contribution in [1.82, 2.24) is 0 Å². The minimum Gasteiger partial charge on any atom is -0.744 e. The Morgan fingerprint density at radius 1 is 0.655 bits per heavy atom. The summed E-state index contributed by atoms with van der Waals surface area (Å²) < 4.78 is 109. The van der Waals surface area contributed by atoms with Crippen LogP contribution < -0.4 is 105 Å². The summed E-state index contributed by atoms with van der Waals surface area (Å²) in [5.74, 6) is -3.61. The van der Waals surface area contributed by atoms with Crippen LogP contribution in [-0.4, -0.2) is 61.7 Å². The van der Waals surface area contributed by atoms with Crippen LogP contribution in [0.3, 0.4) is 0 Å². The van der Waals surface area contributed by atoms with E-state index in [9.17, 15) is 58.4 Å². The van der Waals surface area contributed by atoms with E-state index in [4.69, 9.17) is 0 Å². The van der Waals surface area contributed by atoms with Gasteiger partial charge in [0.1, 0.15) is 41.7 Å². The monoisotopic (exact) mass is 967 g/mol. The maximum Gasteiger partial charge on any atom is 1.00 e. The zero-order chi connectivity index (χ0) is 38.9. The number of carbonyl (C=O) groups is 3. The Bertz CT molecular complexity index is 2610. The molecule has 0 fully saturated rings. The van der Waals surface area contributed by atoms with Crippen LogP contribution in [0.25, 0.3) is 10.8 Å². The topological polar surface area (TPSA) is 304 Å². The molecule has 0 atom stereocenters. The second-order valence-electron chi connectivity index (χ2n) is 10.1. The van der Waals surface area contributed by atoms with Gasteiger partial charge < -0.3 is 34.7 Å². The summed E-state index contributed by atoms with van der Waals surface area (Å²) in [4.78, 5) is 33.7. The second-order valence-corrected chi connectivity index (χ2v) is 16.1. The van der Waals surface area contributed by atoms with Crippen LogP contribution in [-0.2, 0) is 39.9 Å². The number of phenols is 1. The summed E-state index contributed by atoms with van der Waals surface area (Å²) >= 11 is 5.75. The first-order valence-corrected chi connectivity index (χ1v) is 19.3. The van der Waals surface area contributed by atoms with Crippen molar-refractivity contribution >= 4 is 119 Å². The van der Waals surface area contributed by atoms with Crippen molar-refractivity contribution in [1.29, 1.82) is 0 Å². The van der Waals surface area contributed by atoms with Crippen LogP contribution in [0.2, 0.25) is 0 Å². The number of aromatic hydroxyl groups is 1. The summed E-state index contributed by atoms with van der Waals surface area (Å²) in [7, 11) is -16.3. The number of carbonyl (C=O) groups excluding carboxylic acids is 3. The molecule has 0 unspecified atom stereocenters. The number of azo groups is 1. The number of anilines is 3. The second kappa shape index (κ2) is 20.2. The van der Waals surface area contributed by atoms with Crippen molar-refractivity contribution in [2.45, 2.75) is 14.7 Å². The molecule has 0 bridgehead atoms. The van der Waals surface area contributed by atoms with Gasteiger partial charge in [-0.25, -0.2) is 25.3 Å². The van der Waals surface area contributed by atoms with E-state index in [2.05, 4.69) is 71.2 Å². The molecule has 0 saturated carbocycles. The zero-order valence-corrected chi connectivity index (χ0v) is 40.0. The van der Waals surface area contributed by atoms with Gasteiger partial charge in [0.25, 0.3) is 17.7 Å². The van der Waals surface area contributed by atoms with E-state index < -0.39 is 96.3 Å². The minimum atomic E-state index is -5.64. The molecular formula is C29H18Br2N5Na3O13S3. The third-order valence-corrected chi connectivity index (χ3v) is 9.84. The molecule has 4 aromatic rings. The molecule has 0 aromatic heterocycles. The Kier molecular flexibility index (Phi) is 18.8. The molecule has 26 heteroatoms. The van der Waals surface area contributed by atoms with E-state index in [0.29, 0.717) is 18.2 Å². The van der Waals surface area contributed by atoms with Gasteiger partial charge in [-0.05, 0) is 97.9 Å². The minimum absolute atomic E-state index is 0. The summed E-state index contributed by atoms with van der Waals surface area (Å²) in [6.07, 6.45) is 0. The average Bonchev–Trinajstić information content (AvgIpc) is 3.02. The summed E-state index contributed by atoms with van der Waals surface area (Å²) in [6.45, 7) is 6.78. The number of rotatable bonds is 11. The summed E-state index contributed by atoms with van der Waals surface area (Å²) in [5, 5.41) is 24.3. The van der Waals surface area contributed by atoms with Gasteiger partial charge in [-0.1, -0.05) is 13.2 Å². The number of halogens is 2. The first-order chi connectivity index (χ1) is 24.0. The zero-order valence-electron chi connectivity index (χ0n) is 28.4. The Morgan fingerprint density at radius 2 is 1.16 bits per heavy atom. The SMILES string of the molecule is C=C(Br)C(=O)Nc1ccc(C(=O)Nc2cc(S(=O)(=O)[O-])cc3cc(S(=O)(=O)[O-])c(N=Nc4cc(NC(=O)C(=C)Br)ccc4S(=O)(=O)[O-])c(O)c23)cc1.[Na+].[Na+].[Na+]. The Hall–Kier alpha value is -1.88. The molecule has 0 heterocycles. The number of fused-ring (bicyclic) bond motifs is 1. The fourth-order valence-corrected chi connectivity index (χ4v) is 6.24. The van der Waals surface area contributed by atoms with Gasteiger partial charge in [-0.15, -0.1) is 10.2 Å². The summed E-state index contributed by atoms with van der Waals surface area (Å²) in [6, 6.07) is 9.37. The molecule has 4 aromatic carbocycles. The van der Waals surface area contributed by atoms with Crippen molar-refractivity contribution in [2.75, 3.05) is 16.0 Å². The molecule has 18 nitrogen and oxygen atoms in total. The Labute approximate surface area is 396 Å². The van der Waals surface area contributed by atoms with E-state index in [-0.39, 0.29) is 115 Å². The Morgan fingerprint density at radius 3 is 1.65 bits per heavy atom. The fraction of sp³-hybridized carbons (Fsp3) is 0. The first kappa shape index (κ1) is 51.1. The average molecular weight is 969 g/mol. The van der Waals surface area contributed by atoms with E-state index in [1.165, 1.54) is 24.3 Å². The standard InChI is InChI=1S/C29H21Br2N5O13S3.3Na/c1-13(30)27(38)32-17-5-3-15(4-6-17)29(40)34-21-12-19(50(41,42)43)9-16-10-23(52(47,48)49)25(26(37)24(16)21)36-35-20-11-18(33-28(39)14(2)31)7-8-22(20)51(44,45)46;;;/h3-12,37H,1-2H2,(H,32,38)(H,33,39)(H,34,40)(H,41,42,43)(H,44,45,46)(H,47,48,49);;;/q;3*+1/p-3. The van der Waals surface area contributed by atoms with Gasteiger partial charge in [0.2, 0.25) is 0 Å². The van der Waals surface area contributed by atoms with Crippen LogP contribution in [0.5, 0.6) is 5.75 Å². The van der Waals surface area contributed by atoms with Crippen LogP contribution in [0.1, 0.15) is 10.4 Å². The van der Waals surface area contributed by atoms with Crippen molar-refractivity contribution in [3.05, 3.63) is 88.3 Å². The predicted molar refractivity (Wildman–Crippen MR) is 188 cm³/mol. The molecule has 272 valence electrons. The van der Waals surface area contributed by atoms with Crippen LogP contribution in [0, 0.1) is 0 Å². The van der Waals surface area contributed by atoms with Gasteiger partial charge in [0, 0.05) is 22.3 Å². The smallest absolute Gasteiger partial charge is 0.744 e. The Balaban J connectivity index is 0.00000504. The van der Waals surface area contributed by atoms with E-state index in [0.717, 1.165) is 18.2 Å². The van der Waals surface area contributed by atoms with Crippen molar-refractivity contribution in [2.24, 2.45) is 10.2 Å². The van der Waals surface area contributed by atoms with Gasteiger partial charge >= 0.3 is 88.7 Å². The van der Waals surface area contributed by atoms with Gasteiger partial charge in [0.15, 0.2) is 5.75 Å². The third-order valence-electron chi connectivity index (χ3n) is 6.57. The molecule has 3 amide bonds. The van der Waals surface area contributed by atoms with Gasteiger partial charge in [0.05, 0.1) is 29.3 Å². The molecule has 4 N–H and O–H groups in total. The first-order valence-electron chi connectivity index (χ1n) is 13.5. The number of phenolic OH excluding ortho intramolecular Hbond substituents is 1. The maximum absolute atomic E-state index is 13.2. The largest absolute Gasteiger partial charge is 1.00 e. The molecule has 0 saturated heterocycles. The molecular weight excluding hydrogens is 951 g/mol. The third kappa shape index (κ3) is 13.1. The van der Waals surface area contributed by atoms with Gasteiger partial charge in [-0.2, -0.15) is 0 Å². The molecule has 0 spiro atoms. The molecule has 0 aliphatic heterocycles. The van der Waals surface area contributed by atoms with Gasteiger partial charge in [-0.3, -0.25) is 14.4 Å². The number of nitrogens with zero attached hydrogens (tertiary/aromatic N) is 2. The van der Waals surface area contributed by atoms with Crippen molar-refractivity contribution in [3.63, 3.8) is 0 Å².